The molecule has 3 amide bonds. The molecular formula is C30H41F3N4O2. The third kappa shape index (κ3) is 4.16. The summed E-state index contributed by atoms with van der Waals surface area (Å²) in [5, 5.41) is 0. The molecule has 4 saturated heterocycles. The maximum Gasteiger partial charge on any atom is 0.403 e. The van der Waals surface area contributed by atoms with Gasteiger partial charge in [-0.2, -0.15) is 13.2 Å². The van der Waals surface area contributed by atoms with Crippen LogP contribution in [-0.2, 0) is 4.79 Å². The van der Waals surface area contributed by atoms with Gasteiger partial charge in [-0.05, 0) is 63.9 Å². The number of fused-ring (bicyclic) bond motifs is 2. The van der Waals surface area contributed by atoms with Crippen molar-refractivity contribution < 1.29 is 22.8 Å². The Bertz CT molecular complexity index is 1090. The van der Waals surface area contributed by atoms with Gasteiger partial charge in [-0.1, -0.05) is 36.8 Å². The van der Waals surface area contributed by atoms with Crippen molar-refractivity contribution in [3.8, 4) is 0 Å². The van der Waals surface area contributed by atoms with Crippen molar-refractivity contribution in [1.82, 2.24) is 19.6 Å². The monoisotopic (exact) mass is 546 g/mol. The molecule has 5 aliphatic rings. The number of likely N-dealkylation sites (N-methyl/N-ethyl adjacent to an activating group) is 1. The minimum atomic E-state index is -4.50. The van der Waals surface area contributed by atoms with Crippen molar-refractivity contribution in [3.63, 3.8) is 0 Å². The van der Waals surface area contributed by atoms with Gasteiger partial charge in [-0.3, -0.25) is 9.69 Å². The van der Waals surface area contributed by atoms with E-state index in [1.165, 1.54) is 4.90 Å². The van der Waals surface area contributed by atoms with Crippen molar-refractivity contribution in [2.45, 2.75) is 94.6 Å². The van der Waals surface area contributed by atoms with E-state index in [1.807, 2.05) is 30.1 Å². The van der Waals surface area contributed by atoms with Crippen LogP contribution >= 0.6 is 0 Å². The normalized spacial score (nSPS) is 34.4. The maximum atomic E-state index is 14.1. The van der Waals surface area contributed by atoms with Crippen LogP contribution in [-0.4, -0.2) is 94.6 Å². The lowest BCUT2D eigenvalue weighted by Crippen LogP contribution is -2.60. The molecule has 5 fully saturated rings. The highest BCUT2D eigenvalue weighted by atomic mass is 19.4. The molecule has 9 heteroatoms. The molecule has 1 aliphatic carbocycles. The quantitative estimate of drug-likeness (QED) is 0.516. The molecular weight excluding hydrogens is 505 g/mol. The number of piperidine rings is 1. The van der Waals surface area contributed by atoms with Gasteiger partial charge in [0.25, 0.3) is 0 Å². The van der Waals surface area contributed by atoms with E-state index in [2.05, 4.69) is 35.8 Å². The molecule has 0 aromatic heterocycles. The van der Waals surface area contributed by atoms with Crippen molar-refractivity contribution in [3.05, 3.63) is 35.9 Å². The van der Waals surface area contributed by atoms with Crippen LogP contribution < -0.4 is 0 Å². The number of benzene rings is 1. The molecule has 1 aromatic carbocycles. The number of carbonyl (C=O) groups is 2. The molecule has 6 rings (SSSR count). The van der Waals surface area contributed by atoms with E-state index in [0.717, 1.165) is 44.3 Å². The minimum absolute atomic E-state index is 0.0159. The summed E-state index contributed by atoms with van der Waals surface area (Å²) in [5.41, 5.74) is -1.24. The van der Waals surface area contributed by atoms with Gasteiger partial charge in [-0.25, -0.2) is 4.79 Å². The molecule has 2 bridgehead atoms. The largest absolute Gasteiger partial charge is 0.403 e. The van der Waals surface area contributed by atoms with Crippen LogP contribution in [0.4, 0.5) is 18.0 Å². The number of nitrogens with zero attached hydrogens (tertiary/aromatic N) is 4. The van der Waals surface area contributed by atoms with Crippen LogP contribution in [0, 0.1) is 11.3 Å². The number of halogens is 3. The topological polar surface area (TPSA) is 47.1 Å². The van der Waals surface area contributed by atoms with Crippen LogP contribution in [0.5, 0.6) is 0 Å². The summed E-state index contributed by atoms with van der Waals surface area (Å²) in [6, 6.07) is 10.9. The van der Waals surface area contributed by atoms with E-state index >= 15 is 0 Å². The highest BCUT2D eigenvalue weighted by Gasteiger charge is 2.65. The Kier molecular flexibility index (Phi) is 6.47. The van der Waals surface area contributed by atoms with E-state index in [0.29, 0.717) is 31.6 Å². The average molecular weight is 547 g/mol. The molecule has 0 N–H and O–H groups in total. The molecule has 4 aliphatic heterocycles. The molecule has 6 nitrogen and oxygen atoms in total. The number of rotatable bonds is 5. The van der Waals surface area contributed by atoms with Crippen LogP contribution in [0.3, 0.4) is 0 Å². The molecule has 1 aromatic rings. The summed E-state index contributed by atoms with van der Waals surface area (Å²) in [7, 11) is 1.89. The van der Waals surface area contributed by atoms with Gasteiger partial charge in [0.1, 0.15) is 5.41 Å². The Morgan fingerprint density at radius 3 is 2.23 bits per heavy atom. The zero-order valence-corrected chi connectivity index (χ0v) is 23.3. The smallest absolute Gasteiger partial charge is 0.341 e. The van der Waals surface area contributed by atoms with Crippen molar-refractivity contribution in [2.24, 2.45) is 11.3 Å². The predicted octanol–water partition coefficient (Wildman–Crippen LogP) is 5.10. The number of alkyl halides is 3. The zero-order chi connectivity index (χ0) is 27.7. The van der Waals surface area contributed by atoms with Crippen LogP contribution in [0.1, 0.15) is 70.3 Å². The number of carbonyl (C=O) groups excluding carboxylic acids is 2. The minimum Gasteiger partial charge on any atom is -0.341 e. The lowest BCUT2D eigenvalue weighted by molar-refractivity contribution is -0.248. The summed E-state index contributed by atoms with van der Waals surface area (Å²) in [5.74, 6) is -0.625. The average Bonchev–Trinajstić information content (AvgIpc) is 3.44. The Balaban J connectivity index is 1.23. The molecule has 39 heavy (non-hydrogen) atoms. The zero-order valence-electron chi connectivity index (χ0n) is 23.3. The first kappa shape index (κ1) is 26.9. The fourth-order valence-electron chi connectivity index (χ4n) is 8.80. The summed E-state index contributed by atoms with van der Waals surface area (Å²) >= 11 is 0. The lowest BCUT2D eigenvalue weighted by atomic mass is 9.67. The first-order valence-electron chi connectivity index (χ1n) is 14.7. The Morgan fingerprint density at radius 1 is 1.05 bits per heavy atom. The van der Waals surface area contributed by atoms with Gasteiger partial charge in [0.05, 0.1) is 5.54 Å². The number of hydrogen-bond acceptors (Lipinski definition) is 3. The highest BCUT2D eigenvalue weighted by Crippen LogP contribution is 2.55. The molecule has 214 valence electrons. The number of likely N-dealkylation sites (tertiary alicyclic amines) is 1. The van der Waals surface area contributed by atoms with Gasteiger partial charge in [0.2, 0.25) is 5.91 Å². The lowest BCUT2D eigenvalue weighted by Gasteiger charge is -2.50. The van der Waals surface area contributed by atoms with E-state index < -0.39 is 17.5 Å². The van der Waals surface area contributed by atoms with Gasteiger partial charge >= 0.3 is 12.2 Å². The van der Waals surface area contributed by atoms with Gasteiger partial charge in [-0.15, -0.1) is 0 Å². The Labute approximate surface area is 229 Å². The number of hydrogen-bond donors (Lipinski definition) is 0. The maximum absolute atomic E-state index is 14.1. The fourth-order valence-corrected chi connectivity index (χ4v) is 8.80. The standard InChI is InChI=1S/C30H41F3N4O2/c1-20(2)37-27(39)34(3)19-28(37)14-23-10-11-24(15-28)36(23)17-22-16-35(18-25(22)21-8-5-4-6-9-21)26(38)29(12-7-13-29)30(31,32)33/h4-6,8-9,20,22-25H,7,10-19H2,1-3H3/t22-,23?,24?,25-,28?/m1/s1. The Hall–Kier alpha value is -2.29. The Morgan fingerprint density at radius 2 is 1.69 bits per heavy atom. The molecule has 4 atom stereocenters. The first-order chi connectivity index (χ1) is 18.5. The van der Waals surface area contributed by atoms with E-state index in [4.69, 9.17) is 0 Å². The van der Waals surface area contributed by atoms with E-state index in [9.17, 15) is 22.8 Å². The van der Waals surface area contributed by atoms with E-state index in [-0.39, 0.29) is 42.3 Å². The number of amides is 3. The second-order valence-corrected chi connectivity index (χ2v) is 13.2. The SMILES string of the molecule is CC(C)N1C(=O)N(C)CC12CC1CCC(C2)N1C[C@H]1CN(C(=O)C2(C(F)(F)F)CCC2)C[C@@H]1c1ccccc1. The summed E-state index contributed by atoms with van der Waals surface area (Å²) < 4.78 is 42.2. The third-order valence-electron chi connectivity index (χ3n) is 10.7. The second-order valence-electron chi connectivity index (χ2n) is 13.2. The summed E-state index contributed by atoms with van der Waals surface area (Å²) in [6.45, 7) is 6.44. The molecule has 2 unspecified atom stereocenters. The van der Waals surface area contributed by atoms with Crippen LogP contribution in [0.15, 0.2) is 30.3 Å². The van der Waals surface area contributed by atoms with Crippen molar-refractivity contribution in [1.29, 1.82) is 0 Å². The molecule has 1 spiro atoms. The van der Waals surface area contributed by atoms with Gasteiger partial charge < -0.3 is 14.7 Å². The van der Waals surface area contributed by atoms with Crippen LogP contribution in [0.2, 0.25) is 0 Å². The molecule has 0 radical (unpaired) electrons. The molecule has 1 saturated carbocycles. The third-order valence-corrected chi connectivity index (χ3v) is 10.7. The first-order valence-corrected chi connectivity index (χ1v) is 14.7. The summed E-state index contributed by atoms with van der Waals surface area (Å²) in [4.78, 5) is 34.5. The van der Waals surface area contributed by atoms with Crippen molar-refractivity contribution >= 4 is 11.9 Å². The van der Waals surface area contributed by atoms with Gasteiger partial charge in [0.15, 0.2) is 0 Å². The van der Waals surface area contributed by atoms with E-state index in [1.54, 1.807) is 0 Å². The number of urea groups is 1. The van der Waals surface area contributed by atoms with Crippen LogP contribution in [0.25, 0.3) is 0 Å². The van der Waals surface area contributed by atoms with Crippen molar-refractivity contribution in [2.75, 3.05) is 33.2 Å². The second kappa shape index (κ2) is 9.38. The fraction of sp³-hybridized carbons (Fsp3) is 0.733. The summed E-state index contributed by atoms with van der Waals surface area (Å²) in [6.07, 6.45) is -0.210. The predicted molar refractivity (Wildman–Crippen MR) is 142 cm³/mol. The molecule has 4 heterocycles. The van der Waals surface area contributed by atoms with Gasteiger partial charge in [0, 0.05) is 57.3 Å². The highest BCUT2D eigenvalue weighted by molar-refractivity contribution is 5.85.